The molecule has 8 nitrogen and oxygen atoms in total. The lowest BCUT2D eigenvalue weighted by atomic mass is 10.1. The summed E-state index contributed by atoms with van der Waals surface area (Å²) in [6.45, 7) is 0.523. The maximum absolute atomic E-state index is 15.3. The first-order valence-electron chi connectivity index (χ1n) is 10.9. The summed E-state index contributed by atoms with van der Waals surface area (Å²) in [6, 6.07) is 6.78. The van der Waals surface area contributed by atoms with Gasteiger partial charge in [0.25, 0.3) is 0 Å². The van der Waals surface area contributed by atoms with Crippen molar-refractivity contribution in [3.8, 4) is 0 Å². The number of nitrogens with zero attached hydrogens (tertiary/aromatic N) is 2. The number of anilines is 1. The molecular formula is C23H20BrClFN3O5S. The van der Waals surface area contributed by atoms with Gasteiger partial charge in [-0.1, -0.05) is 27.5 Å². The number of carboxylic acids is 1. The van der Waals surface area contributed by atoms with Gasteiger partial charge in [-0.2, -0.15) is 0 Å². The van der Waals surface area contributed by atoms with E-state index in [4.69, 9.17) is 11.6 Å². The van der Waals surface area contributed by atoms with Crippen LogP contribution >= 0.6 is 27.5 Å². The Kier molecular flexibility index (Phi) is 6.15. The van der Waals surface area contributed by atoms with Gasteiger partial charge in [0.2, 0.25) is 15.5 Å². The Morgan fingerprint density at radius 1 is 1.20 bits per heavy atom. The van der Waals surface area contributed by atoms with Gasteiger partial charge in [0.05, 0.1) is 26.5 Å². The van der Waals surface area contributed by atoms with E-state index in [0.29, 0.717) is 18.5 Å². The molecule has 5 rings (SSSR count). The van der Waals surface area contributed by atoms with Crippen molar-refractivity contribution in [1.29, 1.82) is 0 Å². The number of hydrogen-bond acceptors (Lipinski definition) is 5. The average molecular weight is 585 g/mol. The molecule has 3 aromatic rings. The number of benzene rings is 2. The molecule has 2 fully saturated rings. The molecule has 1 saturated carbocycles. The number of aromatic nitrogens is 1. The molecule has 2 aliphatic rings. The molecule has 1 aliphatic carbocycles. The molecule has 0 bridgehead atoms. The van der Waals surface area contributed by atoms with E-state index in [0.717, 1.165) is 23.4 Å². The van der Waals surface area contributed by atoms with Gasteiger partial charge in [0, 0.05) is 35.8 Å². The summed E-state index contributed by atoms with van der Waals surface area (Å²) >= 11 is 9.95. The van der Waals surface area contributed by atoms with Crippen LogP contribution in [0.15, 0.2) is 50.7 Å². The first-order valence-corrected chi connectivity index (χ1v) is 13.5. The first-order chi connectivity index (χ1) is 16.6. The summed E-state index contributed by atoms with van der Waals surface area (Å²) in [5.41, 5.74) is -0.865. The predicted octanol–water partition coefficient (Wildman–Crippen LogP) is 4.15. The smallest absolute Gasteiger partial charge is 0.341 e. The van der Waals surface area contributed by atoms with Gasteiger partial charge >= 0.3 is 5.97 Å². The van der Waals surface area contributed by atoms with Crippen molar-refractivity contribution in [3.63, 3.8) is 0 Å². The third-order valence-corrected chi connectivity index (χ3v) is 8.73. The van der Waals surface area contributed by atoms with Crippen LogP contribution in [-0.4, -0.2) is 43.2 Å². The van der Waals surface area contributed by atoms with E-state index in [1.54, 1.807) is 21.6 Å². The number of sulfonamides is 1. The Labute approximate surface area is 213 Å². The van der Waals surface area contributed by atoms with Crippen LogP contribution in [0.4, 0.5) is 10.1 Å². The zero-order valence-electron chi connectivity index (χ0n) is 18.2. The monoisotopic (exact) mass is 583 g/mol. The molecule has 184 valence electrons. The molecule has 0 spiro atoms. The van der Waals surface area contributed by atoms with Gasteiger partial charge in [-0.15, -0.1) is 0 Å². The molecule has 2 aromatic carbocycles. The van der Waals surface area contributed by atoms with Crippen LogP contribution in [0.1, 0.15) is 35.7 Å². The Hall–Kier alpha value is -2.47. The Bertz CT molecular complexity index is 1520. The zero-order valence-corrected chi connectivity index (χ0v) is 21.3. The highest BCUT2D eigenvalue weighted by Crippen LogP contribution is 2.42. The summed E-state index contributed by atoms with van der Waals surface area (Å²) in [5.74, 6) is -2.15. The number of rotatable bonds is 6. The molecule has 1 atom stereocenters. The van der Waals surface area contributed by atoms with Crippen LogP contribution in [0, 0.1) is 5.82 Å². The lowest BCUT2D eigenvalue weighted by molar-refractivity contribution is 0.0694. The van der Waals surface area contributed by atoms with Crippen LogP contribution in [-0.2, 0) is 10.0 Å². The second-order valence-electron chi connectivity index (χ2n) is 8.74. The van der Waals surface area contributed by atoms with E-state index in [2.05, 4.69) is 20.7 Å². The van der Waals surface area contributed by atoms with Crippen molar-refractivity contribution in [2.24, 2.45) is 0 Å². The molecular weight excluding hydrogens is 565 g/mol. The number of fused-ring (bicyclic) bond motifs is 1. The lowest BCUT2D eigenvalue weighted by Crippen LogP contribution is -2.37. The number of carbonyl (C=O) groups is 1. The standard InChI is InChI=1S/C23H20BrClFN3O5S/c24-12-1-5-15(6-2-12)35(33,34)27-13-7-8-28(10-13)21-18(26)9-16-20(19(21)25)29(14-3-4-14)11-17(22(16)30)23(31)32/h1-2,5-6,9,11,13-14,27H,3-4,7-8,10H2,(H,31,32). The first kappa shape index (κ1) is 24.2. The van der Waals surface area contributed by atoms with Crippen LogP contribution in [0.3, 0.4) is 0 Å². The Morgan fingerprint density at radius 2 is 1.89 bits per heavy atom. The van der Waals surface area contributed by atoms with Crippen LogP contribution in [0.2, 0.25) is 5.02 Å². The second-order valence-corrected chi connectivity index (χ2v) is 11.7. The van der Waals surface area contributed by atoms with E-state index in [1.807, 2.05) is 0 Å². The normalized spacial score (nSPS) is 18.4. The van der Waals surface area contributed by atoms with Crippen molar-refractivity contribution in [2.45, 2.75) is 36.2 Å². The zero-order chi connectivity index (χ0) is 25.1. The third-order valence-electron chi connectivity index (χ3n) is 6.30. The lowest BCUT2D eigenvalue weighted by Gasteiger charge is -2.23. The van der Waals surface area contributed by atoms with E-state index in [1.165, 1.54) is 18.3 Å². The van der Waals surface area contributed by atoms with E-state index >= 15 is 4.39 Å². The third kappa shape index (κ3) is 4.46. The molecule has 12 heteroatoms. The Balaban J connectivity index is 1.49. The van der Waals surface area contributed by atoms with Crippen molar-refractivity contribution < 1.29 is 22.7 Å². The number of nitrogens with one attached hydrogen (secondary N) is 1. The quantitative estimate of drug-likeness (QED) is 0.451. The van der Waals surface area contributed by atoms with E-state index in [9.17, 15) is 23.1 Å². The largest absolute Gasteiger partial charge is 0.477 e. The number of hydrogen-bond donors (Lipinski definition) is 2. The number of pyridine rings is 1. The summed E-state index contributed by atoms with van der Waals surface area (Å²) in [7, 11) is -3.77. The minimum absolute atomic E-state index is 0.0114. The molecule has 1 aromatic heterocycles. The highest BCUT2D eigenvalue weighted by atomic mass is 79.9. The minimum atomic E-state index is -3.77. The van der Waals surface area contributed by atoms with Crippen LogP contribution in [0.5, 0.6) is 0 Å². The SMILES string of the molecule is O=C(O)c1cn(C2CC2)c2c(Cl)c(N3CCC(NS(=O)(=O)c4ccc(Br)cc4)C3)c(F)cc2c1=O. The second kappa shape index (κ2) is 8.88. The van der Waals surface area contributed by atoms with Gasteiger partial charge in [0.1, 0.15) is 11.4 Å². The van der Waals surface area contributed by atoms with Crippen molar-refractivity contribution in [2.75, 3.05) is 18.0 Å². The number of aromatic carboxylic acids is 1. The molecule has 2 heterocycles. The van der Waals surface area contributed by atoms with Gasteiger partial charge in [-0.3, -0.25) is 4.79 Å². The number of carboxylic acid groups (broad SMARTS) is 1. The van der Waals surface area contributed by atoms with Crippen LogP contribution < -0.4 is 15.1 Å². The topological polar surface area (TPSA) is 109 Å². The fraction of sp³-hybridized carbons (Fsp3) is 0.304. The molecule has 2 N–H and O–H groups in total. The maximum Gasteiger partial charge on any atom is 0.341 e. The van der Waals surface area contributed by atoms with Gasteiger partial charge in [-0.05, 0) is 49.6 Å². The fourth-order valence-corrected chi connectivity index (χ4v) is 6.41. The van der Waals surface area contributed by atoms with E-state index in [-0.39, 0.29) is 33.6 Å². The maximum atomic E-state index is 15.3. The molecule has 0 radical (unpaired) electrons. The Morgan fingerprint density at radius 3 is 2.51 bits per heavy atom. The van der Waals surface area contributed by atoms with Gasteiger partial charge < -0.3 is 14.6 Å². The van der Waals surface area contributed by atoms with Gasteiger partial charge in [0.15, 0.2) is 0 Å². The molecule has 0 amide bonds. The summed E-state index contributed by atoms with van der Waals surface area (Å²) in [5, 5.41) is 9.35. The fourth-order valence-electron chi connectivity index (χ4n) is 4.48. The highest BCUT2D eigenvalue weighted by molar-refractivity contribution is 9.10. The summed E-state index contributed by atoms with van der Waals surface area (Å²) in [4.78, 5) is 26.1. The molecule has 1 aliphatic heterocycles. The minimum Gasteiger partial charge on any atom is -0.477 e. The van der Waals surface area contributed by atoms with Crippen molar-refractivity contribution in [1.82, 2.24) is 9.29 Å². The molecule has 1 unspecified atom stereocenters. The summed E-state index contributed by atoms with van der Waals surface area (Å²) in [6.07, 6.45) is 3.29. The highest BCUT2D eigenvalue weighted by Gasteiger charge is 2.33. The number of halogens is 3. The van der Waals surface area contributed by atoms with Crippen molar-refractivity contribution >= 4 is 60.1 Å². The average Bonchev–Trinajstić information content (AvgIpc) is 3.54. The molecule has 1 saturated heterocycles. The predicted molar refractivity (Wildman–Crippen MR) is 133 cm³/mol. The summed E-state index contributed by atoms with van der Waals surface area (Å²) < 4.78 is 45.9. The van der Waals surface area contributed by atoms with Gasteiger partial charge in [-0.25, -0.2) is 22.3 Å². The molecule has 35 heavy (non-hydrogen) atoms. The van der Waals surface area contributed by atoms with Crippen LogP contribution in [0.25, 0.3) is 10.9 Å². The van der Waals surface area contributed by atoms with Crippen molar-refractivity contribution in [3.05, 3.63) is 67.6 Å². The van der Waals surface area contributed by atoms with E-state index < -0.39 is 38.8 Å².